The van der Waals surface area contributed by atoms with E-state index in [1.54, 1.807) is 0 Å². The van der Waals surface area contributed by atoms with Crippen molar-refractivity contribution < 1.29 is 9.26 Å². The molecule has 3 rings (SSSR count). The van der Waals surface area contributed by atoms with Gasteiger partial charge in [-0.15, -0.1) is 0 Å². The zero-order valence-corrected chi connectivity index (χ0v) is 13.0. The minimum absolute atomic E-state index is 0.412. The van der Waals surface area contributed by atoms with Crippen LogP contribution in [0, 0.1) is 6.92 Å². The van der Waals surface area contributed by atoms with E-state index in [1.807, 2.05) is 13.0 Å². The standard InChI is InChI=1S/C15H17BrN2O2/c1-10-15(16)14(18-20-10)9-19-13-3-2-11-4-6-17-7-5-12(11)8-13/h2-3,8,17H,4-7,9H2,1H3. The Labute approximate surface area is 126 Å². The van der Waals surface area contributed by atoms with Gasteiger partial charge in [-0.2, -0.15) is 0 Å². The fourth-order valence-electron chi connectivity index (χ4n) is 2.39. The number of halogens is 1. The maximum Gasteiger partial charge on any atom is 0.148 e. The van der Waals surface area contributed by atoms with Crippen LogP contribution in [0.15, 0.2) is 27.2 Å². The van der Waals surface area contributed by atoms with E-state index in [2.05, 4.69) is 38.5 Å². The van der Waals surface area contributed by atoms with Gasteiger partial charge in [0.15, 0.2) is 0 Å². The molecule has 4 nitrogen and oxygen atoms in total. The van der Waals surface area contributed by atoms with Crippen molar-refractivity contribution in [1.29, 1.82) is 0 Å². The number of fused-ring (bicyclic) bond motifs is 1. The van der Waals surface area contributed by atoms with E-state index >= 15 is 0 Å². The molecule has 20 heavy (non-hydrogen) atoms. The zero-order valence-electron chi connectivity index (χ0n) is 11.4. The van der Waals surface area contributed by atoms with Crippen LogP contribution in [0.1, 0.15) is 22.6 Å². The van der Waals surface area contributed by atoms with Crippen LogP contribution in [0.3, 0.4) is 0 Å². The molecule has 0 unspecified atom stereocenters. The molecular formula is C15H17BrN2O2. The lowest BCUT2D eigenvalue weighted by atomic mass is 10.0. The minimum atomic E-state index is 0.412. The predicted molar refractivity (Wildman–Crippen MR) is 80.0 cm³/mol. The quantitative estimate of drug-likeness (QED) is 0.935. The molecule has 0 aliphatic carbocycles. The van der Waals surface area contributed by atoms with Crippen LogP contribution in [-0.4, -0.2) is 18.2 Å². The summed E-state index contributed by atoms with van der Waals surface area (Å²) in [4.78, 5) is 0. The molecule has 0 atom stereocenters. The molecule has 1 aromatic carbocycles. The molecule has 1 aliphatic rings. The van der Waals surface area contributed by atoms with Crippen molar-refractivity contribution in [3.63, 3.8) is 0 Å². The first kappa shape index (κ1) is 13.6. The van der Waals surface area contributed by atoms with Crippen molar-refractivity contribution in [1.82, 2.24) is 10.5 Å². The van der Waals surface area contributed by atoms with Gasteiger partial charge in [0.1, 0.15) is 23.8 Å². The van der Waals surface area contributed by atoms with Crippen molar-refractivity contribution in [3.8, 4) is 5.75 Å². The first-order valence-electron chi connectivity index (χ1n) is 6.80. The summed E-state index contributed by atoms with van der Waals surface area (Å²) in [6.45, 7) is 4.37. The van der Waals surface area contributed by atoms with E-state index in [0.717, 1.165) is 47.6 Å². The summed E-state index contributed by atoms with van der Waals surface area (Å²) >= 11 is 3.45. The zero-order chi connectivity index (χ0) is 13.9. The van der Waals surface area contributed by atoms with Gasteiger partial charge < -0.3 is 14.6 Å². The topological polar surface area (TPSA) is 47.3 Å². The Hall–Kier alpha value is -1.33. The Kier molecular flexibility index (Phi) is 4.08. The van der Waals surface area contributed by atoms with Gasteiger partial charge in [0.2, 0.25) is 0 Å². The molecule has 2 aromatic rings. The number of aryl methyl sites for hydroxylation is 1. The summed E-state index contributed by atoms with van der Waals surface area (Å²) < 4.78 is 11.8. The van der Waals surface area contributed by atoms with Crippen molar-refractivity contribution in [2.45, 2.75) is 26.4 Å². The molecule has 1 aliphatic heterocycles. The second-order valence-electron chi connectivity index (χ2n) is 4.97. The van der Waals surface area contributed by atoms with Crippen LogP contribution >= 0.6 is 15.9 Å². The van der Waals surface area contributed by atoms with Gasteiger partial charge in [-0.3, -0.25) is 0 Å². The second kappa shape index (κ2) is 5.97. The highest BCUT2D eigenvalue weighted by molar-refractivity contribution is 9.10. The normalized spacial score (nSPS) is 14.7. The SMILES string of the molecule is Cc1onc(COc2ccc3c(c2)CCNCC3)c1Br. The molecule has 5 heteroatoms. The number of rotatable bonds is 3. The fourth-order valence-corrected chi connectivity index (χ4v) is 2.65. The largest absolute Gasteiger partial charge is 0.487 e. The van der Waals surface area contributed by atoms with E-state index < -0.39 is 0 Å². The van der Waals surface area contributed by atoms with E-state index in [1.165, 1.54) is 11.1 Å². The Balaban J connectivity index is 1.72. The molecule has 0 spiro atoms. The lowest BCUT2D eigenvalue weighted by Gasteiger charge is -2.09. The number of ether oxygens (including phenoxy) is 1. The van der Waals surface area contributed by atoms with Crippen LogP contribution in [0.25, 0.3) is 0 Å². The van der Waals surface area contributed by atoms with Crippen LogP contribution in [-0.2, 0) is 19.4 Å². The van der Waals surface area contributed by atoms with Crippen molar-refractivity contribution >= 4 is 15.9 Å². The van der Waals surface area contributed by atoms with Gasteiger partial charge >= 0.3 is 0 Å². The monoisotopic (exact) mass is 336 g/mol. The Morgan fingerprint density at radius 3 is 2.85 bits per heavy atom. The molecular weight excluding hydrogens is 320 g/mol. The molecule has 1 N–H and O–H groups in total. The van der Waals surface area contributed by atoms with Crippen LogP contribution in [0.2, 0.25) is 0 Å². The summed E-state index contributed by atoms with van der Waals surface area (Å²) in [6.07, 6.45) is 2.14. The summed E-state index contributed by atoms with van der Waals surface area (Å²) in [5, 5.41) is 7.39. The van der Waals surface area contributed by atoms with Gasteiger partial charge in [-0.25, -0.2) is 0 Å². The van der Waals surface area contributed by atoms with Gasteiger partial charge in [0, 0.05) is 0 Å². The Morgan fingerprint density at radius 1 is 1.30 bits per heavy atom. The lowest BCUT2D eigenvalue weighted by Crippen LogP contribution is -2.16. The average Bonchev–Trinajstić information content (AvgIpc) is 2.68. The molecule has 0 radical (unpaired) electrons. The molecule has 106 valence electrons. The summed E-state index contributed by atoms with van der Waals surface area (Å²) in [7, 11) is 0. The number of benzene rings is 1. The number of nitrogens with zero attached hydrogens (tertiary/aromatic N) is 1. The van der Waals surface area contributed by atoms with E-state index in [0.29, 0.717) is 6.61 Å². The van der Waals surface area contributed by atoms with Crippen molar-refractivity contribution in [3.05, 3.63) is 45.3 Å². The summed E-state index contributed by atoms with van der Waals surface area (Å²) in [5.74, 6) is 1.66. The summed E-state index contributed by atoms with van der Waals surface area (Å²) in [5.41, 5.74) is 3.59. The Bertz CT molecular complexity index is 610. The third-order valence-corrected chi connectivity index (χ3v) is 4.57. The minimum Gasteiger partial charge on any atom is -0.487 e. The molecule has 0 saturated carbocycles. The van der Waals surface area contributed by atoms with Gasteiger partial charge in [0.05, 0.1) is 4.47 Å². The van der Waals surface area contributed by atoms with E-state index in [-0.39, 0.29) is 0 Å². The summed E-state index contributed by atoms with van der Waals surface area (Å²) in [6, 6.07) is 6.34. The number of hydrogen-bond donors (Lipinski definition) is 1. The van der Waals surface area contributed by atoms with Gasteiger partial charge in [-0.05, 0) is 72.0 Å². The fraction of sp³-hybridized carbons (Fsp3) is 0.400. The Morgan fingerprint density at radius 2 is 2.10 bits per heavy atom. The third kappa shape index (κ3) is 2.88. The first-order valence-corrected chi connectivity index (χ1v) is 7.59. The third-order valence-electron chi connectivity index (χ3n) is 3.55. The molecule has 0 fully saturated rings. The number of nitrogens with one attached hydrogen (secondary N) is 1. The van der Waals surface area contributed by atoms with Crippen LogP contribution in [0.4, 0.5) is 0 Å². The van der Waals surface area contributed by atoms with E-state index in [4.69, 9.17) is 9.26 Å². The molecule has 1 aromatic heterocycles. The maximum atomic E-state index is 5.82. The van der Waals surface area contributed by atoms with Crippen LogP contribution < -0.4 is 10.1 Å². The highest BCUT2D eigenvalue weighted by Crippen LogP contribution is 2.24. The first-order chi connectivity index (χ1) is 9.74. The number of hydrogen-bond acceptors (Lipinski definition) is 4. The predicted octanol–water partition coefficient (Wildman–Crippen LogP) is 3.01. The van der Waals surface area contributed by atoms with E-state index in [9.17, 15) is 0 Å². The molecule has 0 amide bonds. The lowest BCUT2D eigenvalue weighted by molar-refractivity contribution is 0.287. The average molecular weight is 337 g/mol. The highest BCUT2D eigenvalue weighted by atomic mass is 79.9. The molecule has 0 saturated heterocycles. The molecule has 2 heterocycles. The highest BCUT2D eigenvalue weighted by Gasteiger charge is 2.12. The molecule has 0 bridgehead atoms. The maximum absolute atomic E-state index is 5.82. The van der Waals surface area contributed by atoms with Crippen LogP contribution in [0.5, 0.6) is 5.75 Å². The smallest absolute Gasteiger partial charge is 0.148 e. The van der Waals surface area contributed by atoms with Gasteiger partial charge in [0.25, 0.3) is 0 Å². The second-order valence-corrected chi connectivity index (χ2v) is 5.76. The van der Waals surface area contributed by atoms with Gasteiger partial charge in [-0.1, -0.05) is 11.2 Å². The number of aromatic nitrogens is 1. The van der Waals surface area contributed by atoms with Crippen molar-refractivity contribution in [2.24, 2.45) is 0 Å². The van der Waals surface area contributed by atoms with Crippen molar-refractivity contribution in [2.75, 3.05) is 13.1 Å².